The third-order valence-corrected chi connectivity index (χ3v) is 7.29. The number of aromatic nitrogens is 1. The van der Waals surface area contributed by atoms with E-state index < -0.39 is 41.6 Å². The fourth-order valence-electron chi connectivity index (χ4n) is 4.48. The Bertz CT molecular complexity index is 1450. The maximum atomic E-state index is 13.6. The first kappa shape index (κ1) is 44.0. The fourth-order valence-corrected chi connectivity index (χ4v) is 5.02. The standard InChI is InChI=1S/C34H47Cl2N7O9/c1-34(2,3)52-33(47)43(29-9-5-7-11-38-29)13-8-6-10-30(44)40-28(23-51-18-17-50-16-15-49-14-12-39-42-37)32(46)41-27(22-31(45)48-4)24-19-25(35)21-26(36)20-24/h5,7,9,11,19-21,27-28H,6,8,10,12-18,22-23H2,1-4H3,(H,40,44)(H,41,46)/t27?,28-/m0/s1. The second kappa shape index (κ2) is 24.1. The van der Waals surface area contributed by atoms with E-state index in [-0.39, 0.29) is 65.6 Å². The number of hydrogen-bond donors (Lipinski definition) is 2. The van der Waals surface area contributed by atoms with Crippen molar-refractivity contribution in [3.8, 4) is 0 Å². The second-order valence-electron chi connectivity index (χ2n) is 12.2. The number of azide groups is 1. The molecule has 2 aromatic rings. The van der Waals surface area contributed by atoms with Crippen molar-refractivity contribution in [1.82, 2.24) is 15.6 Å². The number of pyridine rings is 1. The van der Waals surface area contributed by atoms with Gasteiger partial charge in [0.05, 0.1) is 59.2 Å². The molecule has 0 bridgehead atoms. The zero-order valence-corrected chi connectivity index (χ0v) is 31.4. The van der Waals surface area contributed by atoms with Crippen LogP contribution in [0.4, 0.5) is 10.6 Å². The molecule has 1 unspecified atom stereocenters. The molecule has 0 saturated heterocycles. The van der Waals surface area contributed by atoms with E-state index in [1.165, 1.54) is 18.1 Å². The highest BCUT2D eigenvalue weighted by Crippen LogP contribution is 2.26. The van der Waals surface area contributed by atoms with Crippen molar-refractivity contribution in [2.24, 2.45) is 5.11 Å². The molecule has 2 atom stereocenters. The summed E-state index contributed by atoms with van der Waals surface area (Å²) in [5.41, 5.74) is 8.03. The van der Waals surface area contributed by atoms with E-state index in [0.29, 0.717) is 34.3 Å². The smallest absolute Gasteiger partial charge is 0.416 e. The largest absolute Gasteiger partial charge is 0.469 e. The number of nitrogens with zero attached hydrogens (tertiary/aromatic N) is 5. The molecule has 1 heterocycles. The van der Waals surface area contributed by atoms with Gasteiger partial charge in [0.1, 0.15) is 17.5 Å². The van der Waals surface area contributed by atoms with Gasteiger partial charge in [-0.25, -0.2) is 9.78 Å². The lowest BCUT2D eigenvalue weighted by atomic mass is 10.0. The van der Waals surface area contributed by atoms with Crippen LogP contribution in [-0.4, -0.2) is 100 Å². The first-order valence-electron chi connectivity index (χ1n) is 16.6. The van der Waals surface area contributed by atoms with E-state index in [2.05, 4.69) is 25.6 Å². The van der Waals surface area contributed by atoms with Gasteiger partial charge in [-0.1, -0.05) is 34.4 Å². The molecule has 0 spiro atoms. The number of hydrogen-bond acceptors (Lipinski definition) is 11. The summed E-state index contributed by atoms with van der Waals surface area (Å²) >= 11 is 12.4. The Hall–Kier alpha value is -4.18. The maximum Gasteiger partial charge on any atom is 0.416 e. The number of amides is 3. The second-order valence-corrected chi connectivity index (χ2v) is 13.1. The van der Waals surface area contributed by atoms with Crippen molar-refractivity contribution in [3.05, 3.63) is 68.6 Å². The van der Waals surface area contributed by atoms with Crippen molar-refractivity contribution in [2.45, 2.75) is 64.1 Å². The first-order chi connectivity index (χ1) is 24.8. The summed E-state index contributed by atoms with van der Waals surface area (Å²) < 4.78 is 26.8. The van der Waals surface area contributed by atoms with Gasteiger partial charge in [-0.3, -0.25) is 19.3 Å². The average Bonchev–Trinajstić information content (AvgIpc) is 3.08. The number of benzene rings is 1. The van der Waals surface area contributed by atoms with Crippen molar-refractivity contribution < 1.29 is 42.9 Å². The topological polar surface area (TPSA) is 203 Å². The molecule has 0 aliphatic heterocycles. The minimum absolute atomic E-state index is 0.0342. The number of halogens is 2. The molecule has 0 radical (unpaired) electrons. The monoisotopic (exact) mass is 767 g/mol. The zero-order chi connectivity index (χ0) is 38.4. The van der Waals surface area contributed by atoms with E-state index in [1.807, 2.05) is 0 Å². The van der Waals surface area contributed by atoms with Gasteiger partial charge in [-0.2, -0.15) is 0 Å². The SMILES string of the molecule is COC(=O)CC(NC(=O)[C@H](COCCOCCOCCN=[N+]=[N-])NC(=O)CCCCN(C(=O)OC(C)(C)C)c1ccccn1)c1cc(Cl)cc(Cl)c1. The lowest BCUT2D eigenvalue weighted by Crippen LogP contribution is -2.50. The molecule has 18 heteroatoms. The van der Waals surface area contributed by atoms with Gasteiger partial charge >= 0.3 is 12.1 Å². The third kappa shape index (κ3) is 18.4. The highest BCUT2D eigenvalue weighted by atomic mass is 35.5. The third-order valence-electron chi connectivity index (χ3n) is 6.86. The molecule has 0 aliphatic carbocycles. The van der Waals surface area contributed by atoms with Gasteiger partial charge in [0.15, 0.2) is 0 Å². The minimum atomic E-state index is -1.15. The van der Waals surface area contributed by atoms with Crippen molar-refractivity contribution in [3.63, 3.8) is 0 Å². The summed E-state index contributed by atoms with van der Waals surface area (Å²) in [5, 5.41) is 9.48. The van der Waals surface area contributed by atoms with Crippen LogP contribution in [0.2, 0.25) is 10.0 Å². The molecule has 0 aliphatic rings. The summed E-state index contributed by atoms with van der Waals surface area (Å²) in [6, 6.07) is 7.79. The predicted octanol–water partition coefficient (Wildman–Crippen LogP) is 5.57. The van der Waals surface area contributed by atoms with Crippen LogP contribution in [0.3, 0.4) is 0 Å². The Balaban J connectivity index is 2.05. The highest BCUT2D eigenvalue weighted by molar-refractivity contribution is 6.34. The van der Waals surface area contributed by atoms with Gasteiger partial charge in [0.2, 0.25) is 11.8 Å². The van der Waals surface area contributed by atoms with Gasteiger partial charge in [0.25, 0.3) is 0 Å². The Morgan fingerprint density at radius 2 is 1.63 bits per heavy atom. The summed E-state index contributed by atoms with van der Waals surface area (Å²) in [7, 11) is 1.23. The molecule has 2 N–H and O–H groups in total. The first-order valence-corrected chi connectivity index (χ1v) is 17.4. The molecule has 1 aromatic heterocycles. The molecule has 286 valence electrons. The molecule has 0 fully saturated rings. The average molecular weight is 769 g/mol. The number of esters is 1. The number of anilines is 1. The molecular formula is C34H47Cl2N7O9. The van der Waals surface area contributed by atoms with Crippen LogP contribution in [0.15, 0.2) is 47.7 Å². The van der Waals surface area contributed by atoms with Crippen molar-refractivity contribution in [1.29, 1.82) is 0 Å². The summed E-state index contributed by atoms with van der Waals surface area (Å²) in [6.07, 6.45) is 1.61. The van der Waals surface area contributed by atoms with Crippen LogP contribution in [0.5, 0.6) is 0 Å². The van der Waals surface area contributed by atoms with E-state index in [9.17, 15) is 19.2 Å². The Morgan fingerprint density at radius 1 is 0.962 bits per heavy atom. The van der Waals surface area contributed by atoms with E-state index in [1.54, 1.807) is 57.3 Å². The van der Waals surface area contributed by atoms with Crippen LogP contribution in [0.25, 0.3) is 10.4 Å². The van der Waals surface area contributed by atoms with E-state index >= 15 is 0 Å². The number of carbonyl (C=O) groups excluding carboxylic acids is 4. The van der Waals surface area contributed by atoms with Gasteiger partial charge in [-0.15, -0.1) is 0 Å². The molecule has 2 rings (SSSR count). The lowest BCUT2D eigenvalue weighted by Gasteiger charge is -2.26. The summed E-state index contributed by atoms with van der Waals surface area (Å²) in [6.45, 7) is 6.65. The number of nitrogens with one attached hydrogen (secondary N) is 2. The lowest BCUT2D eigenvalue weighted by molar-refractivity contribution is -0.141. The van der Waals surface area contributed by atoms with Crippen LogP contribution in [0, 0.1) is 0 Å². The Kier molecular flexibility index (Phi) is 20.4. The molecule has 1 aromatic carbocycles. The summed E-state index contributed by atoms with van der Waals surface area (Å²) in [5.74, 6) is -1.24. The van der Waals surface area contributed by atoms with Gasteiger partial charge < -0.3 is 34.3 Å². The zero-order valence-electron chi connectivity index (χ0n) is 29.8. The number of unbranched alkanes of at least 4 members (excludes halogenated alkanes) is 1. The van der Waals surface area contributed by atoms with E-state index in [4.69, 9.17) is 52.4 Å². The van der Waals surface area contributed by atoms with Gasteiger partial charge in [0, 0.05) is 40.7 Å². The van der Waals surface area contributed by atoms with Crippen LogP contribution >= 0.6 is 23.2 Å². The fraction of sp³-hybridized carbons (Fsp3) is 0.559. The van der Waals surface area contributed by atoms with Gasteiger partial charge in [-0.05, 0) is 75.0 Å². The number of carbonyl (C=O) groups is 4. The minimum Gasteiger partial charge on any atom is -0.469 e. The maximum absolute atomic E-state index is 13.6. The van der Waals surface area contributed by atoms with Crippen LogP contribution < -0.4 is 15.5 Å². The normalized spacial score (nSPS) is 12.2. The summed E-state index contributed by atoms with van der Waals surface area (Å²) in [4.78, 5) is 60.2. The number of methoxy groups -OCH3 is 1. The molecular weight excluding hydrogens is 721 g/mol. The molecule has 0 saturated carbocycles. The number of rotatable bonds is 23. The van der Waals surface area contributed by atoms with Crippen LogP contribution in [-0.2, 0) is 38.1 Å². The molecule has 3 amide bonds. The van der Waals surface area contributed by atoms with Crippen LogP contribution in [0.1, 0.15) is 58.1 Å². The van der Waals surface area contributed by atoms with Crippen molar-refractivity contribution in [2.75, 3.05) is 64.7 Å². The predicted molar refractivity (Wildman–Crippen MR) is 194 cm³/mol. The molecule has 16 nitrogen and oxygen atoms in total. The van der Waals surface area contributed by atoms with E-state index in [0.717, 1.165) is 0 Å². The van der Waals surface area contributed by atoms with Crippen molar-refractivity contribution >= 4 is 52.9 Å². The Labute approximate surface area is 313 Å². The number of ether oxygens (including phenoxy) is 5. The quantitative estimate of drug-likeness (QED) is 0.0473. The Morgan fingerprint density at radius 3 is 2.25 bits per heavy atom. The molecule has 52 heavy (non-hydrogen) atoms. The highest BCUT2D eigenvalue weighted by Gasteiger charge is 2.27.